The fourth-order valence-corrected chi connectivity index (χ4v) is 2.00. The fraction of sp³-hybridized carbons (Fsp3) is 0.0588. The van der Waals surface area contributed by atoms with Crippen molar-refractivity contribution in [2.75, 3.05) is 6.61 Å². The van der Waals surface area contributed by atoms with E-state index in [1.807, 2.05) is 54.6 Å². The third kappa shape index (κ3) is 2.38. The highest BCUT2D eigenvalue weighted by Crippen LogP contribution is 2.29. The number of fused-ring (bicyclic) bond motifs is 1. The molecule has 0 unspecified atom stereocenters. The highest BCUT2D eigenvalue weighted by Gasteiger charge is 2.06. The molecule has 0 radical (unpaired) electrons. The van der Waals surface area contributed by atoms with E-state index in [1.54, 1.807) is 6.08 Å². The van der Waals surface area contributed by atoms with Crippen molar-refractivity contribution in [3.63, 3.8) is 0 Å². The predicted octanol–water partition coefficient (Wildman–Crippen LogP) is 4.66. The summed E-state index contributed by atoms with van der Waals surface area (Å²) < 4.78 is 11.4. The Morgan fingerprint density at radius 3 is 2.68 bits per heavy atom. The monoisotopic (exact) mass is 250 g/mol. The minimum Gasteiger partial charge on any atom is -0.489 e. The van der Waals surface area contributed by atoms with Crippen LogP contribution in [0.1, 0.15) is 0 Å². The van der Waals surface area contributed by atoms with E-state index < -0.39 is 0 Å². The molecule has 0 N–H and O–H groups in total. The summed E-state index contributed by atoms with van der Waals surface area (Å²) in [5.41, 5.74) is 1.91. The van der Waals surface area contributed by atoms with Gasteiger partial charge in [0.2, 0.25) is 0 Å². The lowest BCUT2D eigenvalue weighted by Gasteiger charge is -2.01. The van der Waals surface area contributed by atoms with Gasteiger partial charge in [-0.2, -0.15) is 0 Å². The van der Waals surface area contributed by atoms with Crippen molar-refractivity contribution in [1.82, 2.24) is 0 Å². The Morgan fingerprint density at radius 1 is 1.05 bits per heavy atom. The predicted molar refractivity (Wildman–Crippen MR) is 77.3 cm³/mol. The summed E-state index contributed by atoms with van der Waals surface area (Å²) in [6, 6.07) is 18.0. The molecule has 2 nitrogen and oxygen atoms in total. The maximum absolute atomic E-state index is 5.87. The molecule has 0 atom stereocenters. The van der Waals surface area contributed by atoms with E-state index in [2.05, 4.69) is 6.58 Å². The molecule has 0 spiro atoms. The largest absolute Gasteiger partial charge is 0.489 e. The maximum Gasteiger partial charge on any atom is 0.138 e. The summed E-state index contributed by atoms with van der Waals surface area (Å²) in [5, 5.41) is 1.07. The highest BCUT2D eigenvalue weighted by atomic mass is 16.5. The molecule has 0 saturated carbocycles. The average molecular weight is 250 g/mol. The number of benzene rings is 2. The number of ether oxygens (including phenoxy) is 1. The molecule has 0 bridgehead atoms. The summed E-state index contributed by atoms with van der Waals surface area (Å²) in [4.78, 5) is 0. The van der Waals surface area contributed by atoms with Crippen LogP contribution in [0.25, 0.3) is 22.3 Å². The van der Waals surface area contributed by atoms with Gasteiger partial charge < -0.3 is 9.15 Å². The SMILES string of the molecule is C=CCOc1ccc2cc(-c3ccccc3)oc2c1. The molecule has 1 heterocycles. The van der Waals surface area contributed by atoms with Gasteiger partial charge in [-0.25, -0.2) is 0 Å². The van der Waals surface area contributed by atoms with Gasteiger partial charge in [0.05, 0.1) is 0 Å². The molecule has 3 aromatic rings. The van der Waals surface area contributed by atoms with E-state index in [1.165, 1.54) is 0 Å². The summed E-state index contributed by atoms with van der Waals surface area (Å²) >= 11 is 0. The molecule has 0 aliphatic rings. The van der Waals surface area contributed by atoms with Crippen LogP contribution in [0.2, 0.25) is 0 Å². The van der Waals surface area contributed by atoms with E-state index in [0.29, 0.717) is 6.61 Å². The Kier molecular flexibility index (Phi) is 3.07. The van der Waals surface area contributed by atoms with Crippen molar-refractivity contribution >= 4 is 11.0 Å². The number of hydrogen-bond acceptors (Lipinski definition) is 2. The number of hydrogen-bond donors (Lipinski definition) is 0. The Morgan fingerprint density at radius 2 is 1.89 bits per heavy atom. The summed E-state index contributed by atoms with van der Waals surface area (Å²) in [5.74, 6) is 1.66. The quantitative estimate of drug-likeness (QED) is 0.628. The third-order valence-corrected chi connectivity index (χ3v) is 2.92. The van der Waals surface area contributed by atoms with Crippen LogP contribution in [0.5, 0.6) is 5.75 Å². The molecule has 2 aromatic carbocycles. The first kappa shape index (κ1) is 11.6. The van der Waals surface area contributed by atoms with E-state index >= 15 is 0 Å². The highest BCUT2D eigenvalue weighted by molar-refractivity contribution is 5.83. The molecule has 0 aliphatic carbocycles. The number of rotatable bonds is 4. The zero-order valence-corrected chi connectivity index (χ0v) is 10.5. The van der Waals surface area contributed by atoms with Crippen molar-refractivity contribution in [1.29, 1.82) is 0 Å². The molecule has 0 saturated heterocycles. The Labute approximate surface area is 111 Å². The van der Waals surface area contributed by atoms with E-state index in [0.717, 1.165) is 28.0 Å². The van der Waals surface area contributed by atoms with Crippen LogP contribution in [-0.2, 0) is 0 Å². The van der Waals surface area contributed by atoms with Gasteiger partial charge in [-0.3, -0.25) is 0 Å². The summed E-state index contributed by atoms with van der Waals surface area (Å²) in [6.45, 7) is 4.13. The minimum absolute atomic E-state index is 0.498. The average Bonchev–Trinajstić information content (AvgIpc) is 2.89. The van der Waals surface area contributed by atoms with Crippen LogP contribution in [0.3, 0.4) is 0 Å². The lowest BCUT2D eigenvalue weighted by Crippen LogP contribution is -1.91. The van der Waals surface area contributed by atoms with Crippen molar-refractivity contribution in [3.8, 4) is 17.1 Å². The first-order valence-electron chi connectivity index (χ1n) is 6.19. The Balaban J connectivity index is 1.99. The van der Waals surface area contributed by atoms with E-state index in [9.17, 15) is 0 Å². The molecule has 19 heavy (non-hydrogen) atoms. The van der Waals surface area contributed by atoms with E-state index in [4.69, 9.17) is 9.15 Å². The van der Waals surface area contributed by atoms with Crippen molar-refractivity contribution < 1.29 is 9.15 Å². The smallest absolute Gasteiger partial charge is 0.138 e. The van der Waals surface area contributed by atoms with Gasteiger partial charge in [0.15, 0.2) is 0 Å². The second kappa shape index (κ2) is 5.02. The van der Waals surface area contributed by atoms with Crippen LogP contribution in [0.15, 0.2) is 71.7 Å². The second-order valence-corrected chi connectivity index (χ2v) is 4.28. The van der Waals surface area contributed by atoms with Gasteiger partial charge >= 0.3 is 0 Å². The van der Waals surface area contributed by atoms with Crippen LogP contribution in [0.4, 0.5) is 0 Å². The van der Waals surface area contributed by atoms with Crippen LogP contribution in [0, 0.1) is 0 Å². The third-order valence-electron chi connectivity index (χ3n) is 2.92. The molecule has 2 heteroatoms. The second-order valence-electron chi connectivity index (χ2n) is 4.28. The molecule has 0 fully saturated rings. The fourth-order valence-electron chi connectivity index (χ4n) is 2.00. The molecule has 3 rings (SSSR count). The molecule has 0 aliphatic heterocycles. The topological polar surface area (TPSA) is 22.4 Å². The zero-order chi connectivity index (χ0) is 13.1. The molecule has 0 amide bonds. The standard InChI is InChI=1S/C17H14O2/c1-2-10-18-15-9-8-14-11-16(19-17(14)12-15)13-6-4-3-5-7-13/h2-9,11-12H,1,10H2. The van der Waals surface area contributed by atoms with Gasteiger partial charge in [0.1, 0.15) is 23.7 Å². The molecule has 94 valence electrons. The minimum atomic E-state index is 0.498. The molecule has 1 aromatic heterocycles. The van der Waals surface area contributed by atoms with Crippen LogP contribution < -0.4 is 4.74 Å². The van der Waals surface area contributed by atoms with Crippen LogP contribution >= 0.6 is 0 Å². The van der Waals surface area contributed by atoms with E-state index in [-0.39, 0.29) is 0 Å². The summed E-state index contributed by atoms with van der Waals surface area (Å²) in [6.07, 6.45) is 1.72. The summed E-state index contributed by atoms with van der Waals surface area (Å²) in [7, 11) is 0. The Hall–Kier alpha value is -2.48. The zero-order valence-electron chi connectivity index (χ0n) is 10.5. The van der Waals surface area contributed by atoms with Crippen LogP contribution in [-0.4, -0.2) is 6.61 Å². The van der Waals surface area contributed by atoms with Crippen molar-refractivity contribution in [2.24, 2.45) is 0 Å². The first-order chi connectivity index (χ1) is 9.36. The van der Waals surface area contributed by atoms with Gasteiger partial charge in [-0.05, 0) is 18.2 Å². The van der Waals surface area contributed by atoms with Gasteiger partial charge in [0, 0.05) is 17.0 Å². The lowest BCUT2D eigenvalue weighted by atomic mass is 10.1. The number of furan rings is 1. The lowest BCUT2D eigenvalue weighted by molar-refractivity contribution is 0.363. The van der Waals surface area contributed by atoms with Gasteiger partial charge in [0.25, 0.3) is 0 Å². The van der Waals surface area contributed by atoms with Gasteiger partial charge in [-0.15, -0.1) is 0 Å². The van der Waals surface area contributed by atoms with Gasteiger partial charge in [-0.1, -0.05) is 43.0 Å². The normalized spacial score (nSPS) is 10.5. The van der Waals surface area contributed by atoms with Crippen molar-refractivity contribution in [2.45, 2.75) is 0 Å². The maximum atomic E-state index is 5.87. The Bertz CT molecular complexity index is 696. The molecular formula is C17H14O2. The van der Waals surface area contributed by atoms with Crippen molar-refractivity contribution in [3.05, 3.63) is 67.3 Å². The first-order valence-corrected chi connectivity index (χ1v) is 6.19. The molecular weight excluding hydrogens is 236 g/mol.